The summed E-state index contributed by atoms with van der Waals surface area (Å²) in [6.07, 6.45) is 4.19. The van der Waals surface area contributed by atoms with Crippen molar-refractivity contribution in [1.82, 2.24) is 15.5 Å². The molecule has 0 aromatic heterocycles. The number of thioether (sulfide) groups is 1. The molecule has 9 nitrogen and oxygen atoms in total. The first-order valence-electron chi connectivity index (χ1n) is 13.3. The monoisotopic (exact) mass is 549 g/mol. The maximum absolute atomic E-state index is 14.1. The zero-order chi connectivity index (χ0) is 28.3. The molecular formula is C28H43N3O6S. The number of ether oxygens (including phenoxy) is 2. The van der Waals surface area contributed by atoms with Crippen molar-refractivity contribution in [2.75, 3.05) is 25.2 Å². The molecule has 1 aliphatic carbocycles. The zero-order valence-corrected chi connectivity index (χ0v) is 24.3. The lowest BCUT2D eigenvalue weighted by molar-refractivity contribution is -0.148. The molecule has 212 valence electrons. The minimum atomic E-state index is -0.909. The Balaban J connectivity index is 2.38. The summed E-state index contributed by atoms with van der Waals surface area (Å²) in [5.41, 5.74) is 0.986. The van der Waals surface area contributed by atoms with Gasteiger partial charge in [-0.25, -0.2) is 4.79 Å². The predicted molar refractivity (Wildman–Crippen MR) is 149 cm³/mol. The molecule has 0 saturated heterocycles. The molecule has 10 heteroatoms. The number of rotatable bonds is 13. The Morgan fingerprint density at radius 1 is 1.13 bits per heavy atom. The van der Waals surface area contributed by atoms with Gasteiger partial charge in [0.25, 0.3) is 0 Å². The molecule has 1 saturated carbocycles. The molecule has 1 fully saturated rings. The van der Waals surface area contributed by atoms with Gasteiger partial charge in [0.2, 0.25) is 11.8 Å². The summed E-state index contributed by atoms with van der Waals surface area (Å²) in [6, 6.07) is 5.61. The molecule has 2 rings (SSSR count). The molecule has 2 unspecified atom stereocenters. The second-order valence-corrected chi connectivity index (χ2v) is 11.5. The normalized spacial score (nSPS) is 15.0. The molecule has 1 aromatic carbocycles. The molecule has 0 radical (unpaired) electrons. The van der Waals surface area contributed by atoms with E-state index in [0.717, 1.165) is 24.8 Å². The molecule has 0 heterocycles. The predicted octanol–water partition coefficient (Wildman–Crippen LogP) is 4.13. The van der Waals surface area contributed by atoms with Crippen molar-refractivity contribution in [3.63, 3.8) is 0 Å². The van der Waals surface area contributed by atoms with E-state index in [9.17, 15) is 19.2 Å². The summed E-state index contributed by atoms with van der Waals surface area (Å²) in [7, 11) is 0. The Bertz CT molecular complexity index is 943. The van der Waals surface area contributed by atoms with Crippen LogP contribution < -0.4 is 10.6 Å². The molecule has 2 atom stereocenters. The van der Waals surface area contributed by atoms with Gasteiger partial charge < -0.3 is 25.0 Å². The molecule has 0 aliphatic heterocycles. The molecule has 2 N–H and O–H groups in total. The third-order valence-corrected chi connectivity index (χ3v) is 6.82. The standard InChI is InChI=1S/C28H43N3O6S/c1-7-36-23(32)15-17-29-25(33)24(20-13-11-19(2)12-14-20)31(21-9-8-10-21)26(34)22(16-18-38-6)30-27(35)37-28(3,4)5/h11-14,21-22,24H,7-10,15-18H2,1-6H3,(H,29,33)(H,30,35). The van der Waals surface area contributed by atoms with Crippen LogP contribution in [0.3, 0.4) is 0 Å². The topological polar surface area (TPSA) is 114 Å². The van der Waals surface area contributed by atoms with E-state index in [-0.39, 0.29) is 37.4 Å². The number of aryl methyl sites for hydroxylation is 1. The highest BCUT2D eigenvalue weighted by molar-refractivity contribution is 7.98. The van der Waals surface area contributed by atoms with Crippen molar-refractivity contribution < 1.29 is 28.7 Å². The molecule has 0 spiro atoms. The zero-order valence-electron chi connectivity index (χ0n) is 23.5. The van der Waals surface area contributed by atoms with Gasteiger partial charge in [-0.2, -0.15) is 11.8 Å². The van der Waals surface area contributed by atoms with Gasteiger partial charge in [-0.05, 0) is 77.9 Å². The Hall–Kier alpha value is -2.75. The number of carbonyl (C=O) groups is 4. The van der Waals surface area contributed by atoms with Crippen molar-refractivity contribution in [2.24, 2.45) is 0 Å². The molecule has 0 bridgehead atoms. The van der Waals surface area contributed by atoms with E-state index in [2.05, 4.69) is 10.6 Å². The largest absolute Gasteiger partial charge is 0.466 e. The van der Waals surface area contributed by atoms with Gasteiger partial charge in [-0.3, -0.25) is 14.4 Å². The van der Waals surface area contributed by atoms with Crippen molar-refractivity contribution in [2.45, 2.75) is 90.4 Å². The maximum Gasteiger partial charge on any atom is 0.408 e. The highest BCUT2D eigenvalue weighted by Crippen LogP contribution is 2.34. The van der Waals surface area contributed by atoms with Crippen LogP contribution >= 0.6 is 11.8 Å². The van der Waals surface area contributed by atoms with Crippen LogP contribution in [-0.4, -0.2) is 71.6 Å². The first kappa shape index (κ1) is 31.5. The number of nitrogens with one attached hydrogen (secondary N) is 2. The minimum absolute atomic E-state index is 0.0358. The van der Waals surface area contributed by atoms with E-state index >= 15 is 0 Å². The van der Waals surface area contributed by atoms with Crippen LogP contribution in [0.5, 0.6) is 0 Å². The third kappa shape index (κ3) is 9.85. The van der Waals surface area contributed by atoms with E-state index in [1.165, 1.54) is 0 Å². The van der Waals surface area contributed by atoms with Gasteiger partial charge >= 0.3 is 12.1 Å². The van der Waals surface area contributed by atoms with Crippen molar-refractivity contribution in [3.8, 4) is 0 Å². The van der Waals surface area contributed by atoms with Gasteiger partial charge in [-0.1, -0.05) is 29.8 Å². The van der Waals surface area contributed by atoms with Crippen molar-refractivity contribution in [1.29, 1.82) is 0 Å². The van der Waals surface area contributed by atoms with Gasteiger partial charge in [0.15, 0.2) is 0 Å². The quantitative estimate of drug-likeness (QED) is 0.356. The Labute approximate surface area is 230 Å². The Kier molecular flexibility index (Phi) is 12.4. The lowest BCUT2D eigenvalue weighted by Crippen LogP contribution is -2.57. The van der Waals surface area contributed by atoms with Crippen molar-refractivity contribution >= 4 is 35.6 Å². The molecule has 38 heavy (non-hydrogen) atoms. The fraction of sp³-hybridized carbons (Fsp3) is 0.643. The first-order chi connectivity index (χ1) is 18.0. The van der Waals surface area contributed by atoms with Crippen LogP contribution in [-0.2, 0) is 23.9 Å². The Morgan fingerprint density at radius 2 is 1.79 bits per heavy atom. The molecule has 3 amide bonds. The summed E-state index contributed by atoms with van der Waals surface area (Å²) in [5, 5.41) is 5.59. The molecule has 1 aromatic rings. The second kappa shape index (κ2) is 15.0. The van der Waals surface area contributed by atoms with Gasteiger partial charge in [0.05, 0.1) is 13.0 Å². The Morgan fingerprint density at radius 3 is 2.32 bits per heavy atom. The summed E-state index contributed by atoms with van der Waals surface area (Å²) in [4.78, 5) is 53.9. The van der Waals surface area contributed by atoms with Crippen LogP contribution in [0, 0.1) is 6.92 Å². The highest BCUT2D eigenvalue weighted by atomic mass is 32.2. The fourth-order valence-electron chi connectivity index (χ4n) is 4.11. The lowest BCUT2D eigenvalue weighted by atomic mass is 9.87. The van der Waals surface area contributed by atoms with Crippen LogP contribution in [0.15, 0.2) is 24.3 Å². The number of carbonyl (C=O) groups excluding carboxylic acids is 4. The summed E-state index contributed by atoms with van der Waals surface area (Å²) < 4.78 is 10.4. The van der Waals surface area contributed by atoms with E-state index in [4.69, 9.17) is 9.47 Å². The smallest absolute Gasteiger partial charge is 0.408 e. The van der Waals surface area contributed by atoms with Crippen LogP contribution in [0.1, 0.15) is 77.0 Å². The third-order valence-electron chi connectivity index (χ3n) is 6.18. The van der Waals surface area contributed by atoms with Crippen LogP contribution in [0.2, 0.25) is 0 Å². The number of nitrogens with zero attached hydrogens (tertiary/aromatic N) is 1. The molecular weight excluding hydrogens is 506 g/mol. The van der Waals surface area contributed by atoms with E-state index in [1.54, 1.807) is 44.4 Å². The number of hydrogen-bond acceptors (Lipinski definition) is 7. The first-order valence-corrected chi connectivity index (χ1v) is 14.7. The maximum atomic E-state index is 14.1. The number of amides is 3. The van der Waals surface area contributed by atoms with E-state index in [0.29, 0.717) is 17.7 Å². The average Bonchev–Trinajstić information content (AvgIpc) is 2.80. The summed E-state index contributed by atoms with van der Waals surface area (Å²) in [5.74, 6) is -0.448. The second-order valence-electron chi connectivity index (χ2n) is 10.5. The number of alkyl carbamates (subject to hydrolysis) is 1. The van der Waals surface area contributed by atoms with Gasteiger partial charge in [0.1, 0.15) is 17.7 Å². The fourth-order valence-corrected chi connectivity index (χ4v) is 4.58. The SMILES string of the molecule is CCOC(=O)CCNC(=O)C(c1ccc(C)cc1)N(C(=O)C(CCSC)NC(=O)OC(C)(C)C)C1CCC1. The van der Waals surface area contributed by atoms with E-state index < -0.39 is 29.7 Å². The van der Waals surface area contributed by atoms with Crippen LogP contribution in [0.4, 0.5) is 4.79 Å². The van der Waals surface area contributed by atoms with E-state index in [1.807, 2.05) is 37.4 Å². The average molecular weight is 550 g/mol. The lowest BCUT2D eigenvalue weighted by Gasteiger charge is -2.43. The summed E-state index contributed by atoms with van der Waals surface area (Å²) in [6.45, 7) is 9.34. The molecule has 1 aliphatic rings. The number of hydrogen-bond donors (Lipinski definition) is 2. The number of esters is 1. The number of benzene rings is 1. The van der Waals surface area contributed by atoms with Gasteiger partial charge in [0, 0.05) is 12.6 Å². The summed E-state index contributed by atoms with van der Waals surface area (Å²) >= 11 is 1.57. The highest BCUT2D eigenvalue weighted by Gasteiger charge is 2.41. The van der Waals surface area contributed by atoms with Crippen LogP contribution in [0.25, 0.3) is 0 Å². The van der Waals surface area contributed by atoms with Crippen molar-refractivity contribution in [3.05, 3.63) is 35.4 Å². The van der Waals surface area contributed by atoms with Gasteiger partial charge in [-0.15, -0.1) is 0 Å². The minimum Gasteiger partial charge on any atom is -0.466 e.